The molecule has 6 heteroatoms. The van der Waals surface area contributed by atoms with Crippen LogP contribution in [0.2, 0.25) is 0 Å². The summed E-state index contributed by atoms with van der Waals surface area (Å²) in [6.45, 7) is 6.93. The molecule has 1 fully saturated rings. The fraction of sp³-hybridized carbons (Fsp3) is 0.556. The number of amides is 1. The molecular weight excluding hydrogens is 306 g/mol. The third-order valence-electron chi connectivity index (χ3n) is 4.11. The van der Waals surface area contributed by atoms with Crippen molar-refractivity contribution in [2.75, 3.05) is 13.1 Å². The van der Waals surface area contributed by atoms with E-state index in [1.165, 1.54) is 0 Å². The number of rotatable bonds is 2. The van der Waals surface area contributed by atoms with Crippen LogP contribution in [0.4, 0.5) is 4.79 Å². The molecule has 6 nitrogen and oxygen atoms in total. The average Bonchev–Trinajstić information content (AvgIpc) is 2.83. The number of aromatic nitrogens is 2. The normalized spacial score (nSPS) is 16.4. The lowest BCUT2D eigenvalue weighted by molar-refractivity contribution is 0.0117. The largest absolute Gasteiger partial charge is 0.461 e. The molecular formula is C18H25N3O3. The molecule has 1 saturated heterocycles. The predicted octanol–water partition coefficient (Wildman–Crippen LogP) is 3.35. The van der Waals surface area contributed by atoms with Crippen molar-refractivity contribution in [3.8, 4) is 6.01 Å². The molecule has 2 aromatic rings. The Morgan fingerprint density at radius 2 is 1.88 bits per heavy atom. The van der Waals surface area contributed by atoms with Gasteiger partial charge in [-0.3, -0.25) is 4.57 Å². The number of benzene rings is 1. The summed E-state index contributed by atoms with van der Waals surface area (Å²) in [4.78, 5) is 18.4. The van der Waals surface area contributed by atoms with Crippen LogP contribution in [-0.4, -0.2) is 45.3 Å². The minimum atomic E-state index is -0.461. The highest BCUT2D eigenvalue weighted by Gasteiger charge is 2.28. The number of carbonyl (C=O) groups excluding carboxylic acids is 1. The number of piperidine rings is 1. The van der Waals surface area contributed by atoms with Crippen molar-refractivity contribution in [2.24, 2.45) is 7.05 Å². The number of ether oxygens (including phenoxy) is 2. The highest BCUT2D eigenvalue weighted by atomic mass is 16.6. The average molecular weight is 331 g/mol. The minimum absolute atomic E-state index is 0.0687. The second-order valence-corrected chi connectivity index (χ2v) is 7.23. The Kier molecular flexibility index (Phi) is 4.39. The van der Waals surface area contributed by atoms with Crippen LogP contribution in [0.3, 0.4) is 0 Å². The molecule has 1 aliphatic rings. The van der Waals surface area contributed by atoms with Gasteiger partial charge in [0.15, 0.2) is 0 Å². The van der Waals surface area contributed by atoms with Gasteiger partial charge in [-0.2, -0.15) is 4.98 Å². The highest BCUT2D eigenvalue weighted by Crippen LogP contribution is 2.23. The first-order chi connectivity index (χ1) is 11.3. The van der Waals surface area contributed by atoms with Gasteiger partial charge in [0.05, 0.1) is 11.0 Å². The Labute approximate surface area is 142 Å². The standard InChI is InChI=1S/C18H25N3O3/c1-18(2,3)24-17(22)21-11-9-13(10-12-21)23-16-19-14-7-5-6-8-15(14)20(16)4/h5-8,13H,9-12H2,1-4H3. The zero-order chi connectivity index (χ0) is 17.3. The molecule has 0 bridgehead atoms. The van der Waals surface area contributed by atoms with Crippen molar-refractivity contribution >= 4 is 17.1 Å². The van der Waals surface area contributed by atoms with Crippen LogP contribution in [0, 0.1) is 0 Å². The maximum atomic E-state index is 12.1. The van der Waals surface area contributed by atoms with E-state index in [-0.39, 0.29) is 12.2 Å². The number of nitrogens with zero attached hydrogens (tertiary/aromatic N) is 3. The first kappa shape index (κ1) is 16.6. The zero-order valence-corrected chi connectivity index (χ0v) is 14.8. The van der Waals surface area contributed by atoms with Crippen LogP contribution < -0.4 is 4.74 Å². The summed E-state index contributed by atoms with van der Waals surface area (Å²) in [7, 11) is 1.96. The van der Waals surface area contributed by atoms with Crippen molar-refractivity contribution in [1.29, 1.82) is 0 Å². The molecule has 3 rings (SSSR count). The van der Waals surface area contributed by atoms with E-state index in [9.17, 15) is 4.79 Å². The molecule has 130 valence electrons. The van der Waals surface area contributed by atoms with Crippen molar-refractivity contribution in [2.45, 2.75) is 45.3 Å². The molecule has 0 atom stereocenters. The lowest BCUT2D eigenvalue weighted by Gasteiger charge is -2.33. The van der Waals surface area contributed by atoms with Gasteiger partial charge >= 0.3 is 6.09 Å². The molecule has 1 amide bonds. The number of hydrogen-bond acceptors (Lipinski definition) is 4. The molecule has 1 aromatic carbocycles. The quantitative estimate of drug-likeness (QED) is 0.847. The van der Waals surface area contributed by atoms with Gasteiger partial charge in [-0.05, 0) is 32.9 Å². The zero-order valence-electron chi connectivity index (χ0n) is 14.8. The Morgan fingerprint density at radius 3 is 2.50 bits per heavy atom. The number of fused-ring (bicyclic) bond motifs is 1. The van der Waals surface area contributed by atoms with Gasteiger partial charge in [-0.1, -0.05) is 12.1 Å². The predicted molar refractivity (Wildman–Crippen MR) is 92.2 cm³/mol. The summed E-state index contributed by atoms with van der Waals surface area (Å²) < 4.78 is 13.5. The van der Waals surface area contributed by atoms with Crippen molar-refractivity contribution in [1.82, 2.24) is 14.5 Å². The van der Waals surface area contributed by atoms with Gasteiger partial charge in [0.1, 0.15) is 11.7 Å². The Morgan fingerprint density at radius 1 is 1.21 bits per heavy atom. The molecule has 0 saturated carbocycles. The van der Waals surface area contributed by atoms with E-state index in [2.05, 4.69) is 4.98 Å². The maximum absolute atomic E-state index is 12.1. The molecule has 24 heavy (non-hydrogen) atoms. The van der Waals surface area contributed by atoms with Gasteiger partial charge in [-0.25, -0.2) is 4.79 Å². The SMILES string of the molecule is Cn1c(OC2CCN(C(=O)OC(C)(C)C)CC2)nc2ccccc21. The van der Waals surface area contributed by atoms with Crippen LogP contribution >= 0.6 is 0 Å². The molecule has 2 heterocycles. The third kappa shape index (κ3) is 3.63. The second kappa shape index (κ2) is 6.34. The highest BCUT2D eigenvalue weighted by molar-refractivity contribution is 5.76. The number of imidazole rings is 1. The molecule has 1 aromatic heterocycles. The molecule has 0 radical (unpaired) electrons. The molecule has 0 unspecified atom stereocenters. The molecule has 0 aliphatic carbocycles. The van der Waals surface area contributed by atoms with E-state index in [0.29, 0.717) is 19.1 Å². The van der Waals surface area contributed by atoms with Gasteiger partial charge in [0.25, 0.3) is 6.01 Å². The fourth-order valence-corrected chi connectivity index (χ4v) is 2.86. The van der Waals surface area contributed by atoms with Gasteiger partial charge in [0.2, 0.25) is 0 Å². The molecule has 0 N–H and O–H groups in total. The number of likely N-dealkylation sites (tertiary alicyclic amines) is 1. The monoisotopic (exact) mass is 331 g/mol. The van der Waals surface area contributed by atoms with E-state index < -0.39 is 5.60 Å². The van der Waals surface area contributed by atoms with E-state index >= 15 is 0 Å². The van der Waals surface area contributed by atoms with Crippen molar-refractivity contribution in [3.05, 3.63) is 24.3 Å². The Hall–Kier alpha value is -2.24. The summed E-state index contributed by atoms with van der Waals surface area (Å²) >= 11 is 0. The number of aryl methyl sites for hydroxylation is 1. The summed E-state index contributed by atoms with van der Waals surface area (Å²) in [6, 6.07) is 8.60. The summed E-state index contributed by atoms with van der Waals surface area (Å²) in [5.41, 5.74) is 1.53. The number of hydrogen-bond donors (Lipinski definition) is 0. The fourth-order valence-electron chi connectivity index (χ4n) is 2.86. The smallest absolute Gasteiger partial charge is 0.410 e. The first-order valence-electron chi connectivity index (χ1n) is 8.39. The summed E-state index contributed by atoms with van der Waals surface area (Å²) in [5.74, 6) is 0. The molecule has 0 spiro atoms. The minimum Gasteiger partial charge on any atom is -0.461 e. The summed E-state index contributed by atoms with van der Waals surface area (Å²) in [6.07, 6.45) is 1.38. The van der Waals surface area contributed by atoms with Crippen LogP contribution in [0.1, 0.15) is 33.6 Å². The third-order valence-corrected chi connectivity index (χ3v) is 4.11. The van der Waals surface area contributed by atoms with Crippen LogP contribution in [-0.2, 0) is 11.8 Å². The van der Waals surface area contributed by atoms with Gasteiger partial charge in [-0.15, -0.1) is 0 Å². The Balaban J connectivity index is 1.59. The van der Waals surface area contributed by atoms with Crippen molar-refractivity contribution in [3.63, 3.8) is 0 Å². The summed E-state index contributed by atoms with van der Waals surface area (Å²) in [5, 5.41) is 0. The number of carbonyl (C=O) groups is 1. The van der Waals surface area contributed by atoms with Gasteiger partial charge in [0, 0.05) is 33.0 Å². The lowest BCUT2D eigenvalue weighted by Crippen LogP contribution is -2.44. The topological polar surface area (TPSA) is 56.6 Å². The van der Waals surface area contributed by atoms with Crippen LogP contribution in [0.25, 0.3) is 11.0 Å². The van der Waals surface area contributed by atoms with E-state index in [4.69, 9.17) is 9.47 Å². The van der Waals surface area contributed by atoms with Crippen LogP contribution in [0.5, 0.6) is 6.01 Å². The second-order valence-electron chi connectivity index (χ2n) is 7.23. The Bertz CT molecular complexity index is 725. The number of para-hydroxylation sites is 2. The van der Waals surface area contributed by atoms with E-state index in [0.717, 1.165) is 23.9 Å². The van der Waals surface area contributed by atoms with Gasteiger partial charge < -0.3 is 14.4 Å². The first-order valence-corrected chi connectivity index (χ1v) is 8.39. The van der Waals surface area contributed by atoms with E-state index in [1.807, 2.05) is 56.7 Å². The lowest BCUT2D eigenvalue weighted by atomic mass is 10.1. The van der Waals surface area contributed by atoms with Crippen molar-refractivity contribution < 1.29 is 14.3 Å². The van der Waals surface area contributed by atoms with E-state index in [1.54, 1.807) is 4.90 Å². The molecule has 1 aliphatic heterocycles. The van der Waals surface area contributed by atoms with Crippen LogP contribution in [0.15, 0.2) is 24.3 Å². The maximum Gasteiger partial charge on any atom is 0.410 e.